The predicted molar refractivity (Wildman–Crippen MR) is 76.3 cm³/mol. The summed E-state index contributed by atoms with van der Waals surface area (Å²) < 4.78 is 0. The summed E-state index contributed by atoms with van der Waals surface area (Å²) in [6.45, 7) is 2.46. The first-order valence-corrected chi connectivity index (χ1v) is 6.84. The van der Waals surface area contributed by atoms with Crippen LogP contribution in [0, 0.1) is 23.0 Å². The lowest BCUT2D eigenvalue weighted by molar-refractivity contribution is -0.385. The number of nitrogens with two attached hydrogens (primary N) is 1. The first-order valence-electron chi connectivity index (χ1n) is 6.84. The van der Waals surface area contributed by atoms with Gasteiger partial charge >= 0.3 is 0 Å². The van der Waals surface area contributed by atoms with E-state index in [2.05, 4.69) is 5.32 Å². The Bertz CT molecular complexity index is 462. The van der Waals surface area contributed by atoms with Crippen LogP contribution in [-0.4, -0.2) is 17.5 Å². The van der Waals surface area contributed by atoms with Crippen LogP contribution in [0.25, 0.3) is 0 Å². The van der Waals surface area contributed by atoms with Crippen LogP contribution in [0.2, 0.25) is 0 Å². The molecule has 19 heavy (non-hydrogen) atoms. The van der Waals surface area contributed by atoms with Crippen molar-refractivity contribution in [2.75, 3.05) is 11.9 Å². The highest BCUT2D eigenvalue weighted by atomic mass is 16.6. The van der Waals surface area contributed by atoms with Crippen molar-refractivity contribution in [3.63, 3.8) is 0 Å². The van der Waals surface area contributed by atoms with Gasteiger partial charge in [0.25, 0.3) is 5.69 Å². The summed E-state index contributed by atoms with van der Waals surface area (Å²) in [5, 5.41) is 14.4. The molecule has 2 atom stereocenters. The molecule has 1 fully saturated rings. The molecular weight excluding hydrogens is 242 g/mol. The topological polar surface area (TPSA) is 81.2 Å². The van der Waals surface area contributed by atoms with Crippen molar-refractivity contribution in [2.24, 2.45) is 11.7 Å². The van der Waals surface area contributed by atoms with Gasteiger partial charge in [-0.3, -0.25) is 10.1 Å². The van der Waals surface area contributed by atoms with E-state index in [0.29, 0.717) is 24.1 Å². The van der Waals surface area contributed by atoms with E-state index >= 15 is 0 Å². The maximum Gasteiger partial charge on any atom is 0.274 e. The summed E-state index contributed by atoms with van der Waals surface area (Å²) in [6.07, 6.45) is 4.66. The third-order valence-corrected chi connectivity index (χ3v) is 4.05. The molecule has 0 spiro atoms. The average molecular weight is 263 g/mol. The zero-order chi connectivity index (χ0) is 13.8. The van der Waals surface area contributed by atoms with Crippen molar-refractivity contribution in [2.45, 2.75) is 38.6 Å². The summed E-state index contributed by atoms with van der Waals surface area (Å²) in [7, 11) is 0. The third-order valence-electron chi connectivity index (χ3n) is 4.05. The Morgan fingerprint density at radius 3 is 2.84 bits per heavy atom. The van der Waals surface area contributed by atoms with Crippen LogP contribution < -0.4 is 11.1 Å². The molecule has 2 unspecified atom stereocenters. The first kappa shape index (κ1) is 13.8. The van der Waals surface area contributed by atoms with Crippen LogP contribution in [0.15, 0.2) is 18.2 Å². The second-order valence-electron chi connectivity index (χ2n) is 5.24. The molecule has 1 saturated carbocycles. The molecule has 5 nitrogen and oxygen atoms in total. The molecule has 5 heteroatoms. The smallest absolute Gasteiger partial charge is 0.274 e. The lowest BCUT2D eigenvalue weighted by Crippen LogP contribution is -2.36. The molecular formula is C14H21N3O2. The number of nitro groups is 1. The van der Waals surface area contributed by atoms with Gasteiger partial charge in [-0.15, -0.1) is 0 Å². The quantitative estimate of drug-likeness (QED) is 0.646. The van der Waals surface area contributed by atoms with Crippen LogP contribution in [0.1, 0.15) is 31.2 Å². The first-order chi connectivity index (χ1) is 9.13. The summed E-state index contributed by atoms with van der Waals surface area (Å²) >= 11 is 0. The molecule has 104 valence electrons. The van der Waals surface area contributed by atoms with Gasteiger partial charge in [-0.2, -0.15) is 0 Å². The van der Waals surface area contributed by atoms with Gasteiger partial charge in [-0.1, -0.05) is 18.9 Å². The maximum absolute atomic E-state index is 10.9. The van der Waals surface area contributed by atoms with Gasteiger partial charge in [0.05, 0.1) is 4.92 Å². The van der Waals surface area contributed by atoms with E-state index in [0.717, 1.165) is 18.5 Å². The van der Waals surface area contributed by atoms with Crippen LogP contribution in [0.5, 0.6) is 0 Å². The molecule has 0 aromatic heterocycles. The number of hydrogen-bond donors (Lipinski definition) is 2. The van der Waals surface area contributed by atoms with Crippen molar-refractivity contribution < 1.29 is 4.92 Å². The molecule has 1 aromatic carbocycles. The van der Waals surface area contributed by atoms with E-state index in [1.54, 1.807) is 19.1 Å². The molecule has 1 aliphatic carbocycles. The van der Waals surface area contributed by atoms with Crippen molar-refractivity contribution in [1.82, 2.24) is 0 Å². The lowest BCUT2D eigenvalue weighted by Gasteiger charge is -2.32. The highest BCUT2D eigenvalue weighted by Gasteiger charge is 2.25. The van der Waals surface area contributed by atoms with Gasteiger partial charge in [0, 0.05) is 23.4 Å². The summed E-state index contributed by atoms with van der Waals surface area (Å²) in [5.41, 5.74) is 7.55. The van der Waals surface area contributed by atoms with E-state index in [1.165, 1.54) is 12.8 Å². The standard InChI is InChI=1S/C14H21N3O2/c1-10-12(7-4-8-14(10)17(18)19)16-13-6-3-2-5-11(13)9-15/h4,7-8,11,13,16H,2-3,5-6,9,15H2,1H3. The average Bonchev–Trinajstić information content (AvgIpc) is 2.41. The minimum atomic E-state index is -0.332. The SMILES string of the molecule is Cc1c(NC2CCCCC2CN)cccc1[N+](=O)[O-]. The molecule has 0 amide bonds. The Morgan fingerprint density at radius 1 is 1.42 bits per heavy atom. The van der Waals surface area contributed by atoms with Gasteiger partial charge in [0.2, 0.25) is 0 Å². The van der Waals surface area contributed by atoms with Gasteiger partial charge in [0.1, 0.15) is 0 Å². The predicted octanol–water partition coefficient (Wildman–Crippen LogP) is 2.83. The second kappa shape index (κ2) is 6.02. The van der Waals surface area contributed by atoms with Crippen molar-refractivity contribution in [3.8, 4) is 0 Å². The number of nitrogens with one attached hydrogen (secondary N) is 1. The largest absolute Gasteiger partial charge is 0.382 e. The molecule has 0 bridgehead atoms. The molecule has 2 rings (SSSR count). The van der Waals surface area contributed by atoms with Crippen LogP contribution >= 0.6 is 0 Å². The molecule has 0 aliphatic heterocycles. The van der Waals surface area contributed by atoms with E-state index < -0.39 is 0 Å². The number of benzene rings is 1. The minimum Gasteiger partial charge on any atom is -0.382 e. The van der Waals surface area contributed by atoms with Gasteiger partial charge in [-0.25, -0.2) is 0 Å². The van der Waals surface area contributed by atoms with Crippen molar-refractivity contribution in [3.05, 3.63) is 33.9 Å². The second-order valence-corrected chi connectivity index (χ2v) is 5.24. The highest BCUT2D eigenvalue weighted by molar-refractivity contribution is 5.60. The normalized spacial score (nSPS) is 23.1. The van der Waals surface area contributed by atoms with E-state index in [-0.39, 0.29) is 10.6 Å². The molecule has 3 N–H and O–H groups in total. The fourth-order valence-corrected chi connectivity index (χ4v) is 2.86. The Hall–Kier alpha value is -1.62. The number of rotatable bonds is 4. The summed E-state index contributed by atoms with van der Waals surface area (Å²) in [5.74, 6) is 0.465. The Morgan fingerprint density at radius 2 is 2.16 bits per heavy atom. The van der Waals surface area contributed by atoms with Crippen molar-refractivity contribution in [1.29, 1.82) is 0 Å². The summed E-state index contributed by atoms with van der Waals surface area (Å²) in [4.78, 5) is 10.6. The minimum absolute atomic E-state index is 0.171. The zero-order valence-electron chi connectivity index (χ0n) is 11.3. The highest BCUT2D eigenvalue weighted by Crippen LogP contribution is 2.30. The molecule has 1 aromatic rings. The van der Waals surface area contributed by atoms with Gasteiger partial charge in [-0.05, 0) is 38.3 Å². The van der Waals surface area contributed by atoms with Gasteiger partial charge in [0.15, 0.2) is 0 Å². The Kier molecular flexibility index (Phi) is 4.37. The zero-order valence-corrected chi connectivity index (χ0v) is 11.3. The number of anilines is 1. The van der Waals surface area contributed by atoms with Gasteiger partial charge < -0.3 is 11.1 Å². The number of hydrogen-bond acceptors (Lipinski definition) is 4. The fraction of sp³-hybridized carbons (Fsp3) is 0.571. The molecule has 0 heterocycles. The molecule has 1 aliphatic rings. The monoisotopic (exact) mass is 263 g/mol. The number of nitro benzene ring substituents is 1. The molecule has 0 radical (unpaired) electrons. The van der Waals surface area contributed by atoms with Crippen LogP contribution in [-0.2, 0) is 0 Å². The van der Waals surface area contributed by atoms with Crippen LogP contribution in [0.3, 0.4) is 0 Å². The van der Waals surface area contributed by atoms with E-state index in [9.17, 15) is 10.1 Å². The van der Waals surface area contributed by atoms with Crippen LogP contribution in [0.4, 0.5) is 11.4 Å². The number of nitrogens with zero attached hydrogens (tertiary/aromatic N) is 1. The summed E-state index contributed by atoms with van der Waals surface area (Å²) in [6, 6.07) is 5.51. The lowest BCUT2D eigenvalue weighted by atomic mass is 9.84. The Labute approximate surface area is 113 Å². The fourth-order valence-electron chi connectivity index (χ4n) is 2.86. The third kappa shape index (κ3) is 3.04. The maximum atomic E-state index is 10.9. The van der Waals surface area contributed by atoms with Crippen molar-refractivity contribution >= 4 is 11.4 Å². The molecule has 0 saturated heterocycles. The van der Waals surface area contributed by atoms with E-state index in [4.69, 9.17) is 5.73 Å². The Balaban J connectivity index is 2.18. The van der Waals surface area contributed by atoms with E-state index in [1.807, 2.05) is 6.07 Å².